The van der Waals surface area contributed by atoms with Crippen molar-refractivity contribution in [3.63, 3.8) is 0 Å². The Labute approximate surface area is 196 Å². The molecule has 1 saturated carbocycles. The molecule has 0 saturated heterocycles. The van der Waals surface area contributed by atoms with Crippen molar-refractivity contribution in [1.82, 2.24) is 9.88 Å². The van der Waals surface area contributed by atoms with Gasteiger partial charge in [-0.25, -0.2) is 9.78 Å². The van der Waals surface area contributed by atoms with Crippen molar-refractivity contribution in [2.75, 3.05) is 13.7 Å². The lowest BCUT2D eigenvalue weighted by Gasteiger charge is -2.43. The van der Waals surface area contributed by atoms with Gasteiger partial charge in [0.1, 0.15) is 11.1 Å². The molecule has 2 aromatic carbocycles. The topological polar surface area (TPSA) is 89.7 Å². The van der Waals surface area contributed by atoms with Crippen molar-refractivity contribution in [2.24, 2.45) is 0 Å². The number of nitrogens with zero attached hydrogens (tertiary/aromatic N) is 2. The molecule has 1 aliphatic carbocycles. The third kappa shape index (κ3) is 4.54. The maximum atomic E-state index is 13.1. The molecular formula is C25H23ClN2O5. The number of benzene rings is 2. The highest BCUT2D eigenvalue weighted by atomic mass is 35.5. The van der Waals surface area contributed by atoms with Gasteiger partial charge >= 0.3 is 5.97 Å². The van der Waals surface area contributed by atoms with E-state index in [-0.39, 0.29) is 11.7 Å². The first-order valence-corrected chi connectivity index (χ1v) is 11.0. The van der Waals surface area contributed by atoms with Crippen LogP contribution in [0.25, 0.3) is 17.2 Å². The van der Waals surface area contributed by atoms with Gasteiger partial charge < -0.3 is 14.1 Å². The van der Waals surface area contributed by atoms with Crippen LogP contribution in [0.1, 0.15) is 37.1 Å². The maximum Gasteiger partial charge on any atom is 0.331 e. The molecule has 0 N–H and O–H groups in total. The van der Waals surface area contributed by atoms with Crippen molar-refractivity contribution in [1.29, 1.82) is 0 Å². The highest BCUT2D eigenvalue weighted by Gasteiger charge is 2.47. The molecule has 0 radical (unpaired) electrons. The first kappa shape index (κ1) is 22.7. The maximum absolute atomic E-state index is 13.1. The van der Waals surface area contributed by atoms with Gasteiger partial charge in [-0.2, -0.15) is 0 Å². The van der Waals surface area contributed by atoms with Crippen LogP contribution in [0.2, 0.25) is 5.02 Å². The molecule has 3 aromatic rings. The second-order valence-electron chi connectivity index (χ2n) is 7.88. The molecule has 1 atom stereocenters. The minimum atomic E-state index is -1.17. The Balaban J connectivity index is 1.45. The molecule has 0 bridgehead atoms. The second-order valence-corrected chi connectivity index (χ2v) is 8.29. The van der Waals surface area contributed by atoms with Gasteiger partial charge in [0.15, 0.2) is 18.0 Å². The molecule has 0 aliphatic heterocycles. The van der Waals surface area contributed by atoms with Crippen molar-refractivity contribution < 1.29 is 23.5 Å². The first-order chi connectivity index (χ1) is 15.9. The van der Waals surface area contributed by atoms with E-state index < -0.39 is 24.0 Å². The first-order valence-electron chi connectivity index (χ1n) is 10.7. The van der Waals surface area contributed by atoms with Crippen molar-refractivity contribution in [3.8, 4) is 0 Å². The fourth-order valence-corrected chi connectivity index (χ4v) is 4.51. The molecule has 1 amide bonds. The fraction of sp³-hybridized carbons (Fsp3) is 0.280. The van der Waals surface area contributed by atoms with Crippen molar-refractivity contribution >= 4 is 46.4 Å². The number of oxazole rings is 1. The van der Waals surface area contributed by atoms with Gasteiger partial charge in [0.2, 0.25) is 5.89 Å². The number of Topliss-reactive ketones (excluding diaryl/α,β-unsaturated/α-hetero) is 1. The summed E-state index contributed by atoms with van der Waals surface area (Å²) >= 11 is 6.42. The van der Waals surface area contributed by atoms with Crippen LogP contribution >= 0.6 is 11.6 Å². The number of amides is 1. The Kier molecular flexibility index (Phi) is 6.60. The quantitative estimate of drug-likeness (QED) is 0.391. The van der Waals surface area contributed by atoms with Crippen LogP contribution in [0.15, 0.2) is 59.0 Å². The second kappa shape index (κ2) is 9.58. The summed E-state index contributed by atoms with van der Waals surface area (Å²) in [4.78, 5) is 43.8. The van der Waals surface area contributed by atoms with E-state index in [4.69, 9.17) is 20.8 Å². The standard InChI is InChI=1S/C25H23ClN2O5/c1-28(25(15-7-6-12-21(25)29)17-8-2-3-9-18(17)26)23(30)16-32-24(31)14-13-22-27-19-10-4-5-11-20(19)33-22/h2-5,8-11,13-14H,6-7,12,15-16H2,1H3/b14-13+/t25-/m0/s1. The summed E-state index contributed by atoms with van der Waals surface area (Å²) < 4.78 is 10.6. The summed E-state index contributed by atoms with van der Waals surface area (Å²) in [6.07, 6.45) is 4.89. The highest BCUT2D eigenvalue weighted by molar-refractivity contribution is 6.31. The van der Waals surface area contributed by atoms with E-state index in [1.165, 1.54) is 11.0 Å². The van der Waals surface area contributed by atoms with Gasteiger partial charge in [-0.15, -0.1) is 0 Å². The number of esters is 1. The lowest BCUT2D eigenvalue weighted by atomic mass is 9.74. The summed E-state index contributed by atoms with van der Waals surface area (Å²) in [5.74, 6) is -1.03. The van der Waals surface area contributed by atoms with Crippen LogP contribution in [-0.4, -0.2) is 41.2 Å². The average Bonchev–Trinajstić information content (AvgIpc) is 3.25. The van der Waals surface area contributed by atoms with Gasteiger partial charge in [-0.1, -0.05) is 41.9 Å². The van der Waals surface area contributed by atoms with E-state index in [1.54, 1.807) is 43.4 Å². The molecule has 4 rings (SSSR count). The number of fused-ring (bicyclic) bond motifs is 1. The molecule has 0 spiro atoms. The number of halogens is 1. The van der Waals surface area contributed by atoms with Gasteiger partial charge in [0, 0.05) is 36.2 Å². The number of rotatable bonds is 6. The molecule has 170 valence electrons. The number of carbonyl (C=O) groups is 3. The lowest BCUT2D eigenvalue weighted by molar-refractivity contribution is -0.155. The molecular weight excluding hydrogens is 444 g/mol. The summed E-state index contributed by atoms with van der Waals surface area (Å²) in [5.41, 5.74) is 0.691. The number of ketones is 1. The average molecular weight is 467 g/mol. The SMILES string of the molecule is CN(C(=O)COC(=O)/C=C/c1nc2ccccc2o1)[C@]1(c2ccccc2Cl)CCCCC1=O. The zero-order chi connectivity index (χ0) is 23.4. The van der Waals surface area contributed by atoms with Gasteiger partial charge in [0.05, 0.1) is 0 Å². The van der Waals surface area contributed by atoms with E-state index in [1.807, 2.05) is 12.1 Å². The van der Waals surface area contributed by atoms with Crippen molar-refractivity contribution in [2.45, 2.75) is 31.2 Å². The van der Waals surface area contributed by atoms with Crippen molar-refractivity contribution in [3.05, 3.63) is 71.1 Å². The van der Waals surface area contributed by atoms with Crippen LogP contribution < -0.4 is 0 Å². The summed E-state index contributed by atoms with van der Waals surface area (Å²) in [5, 5.41) is 0.422. The highest BCUT2D eigenvalue weighted by Crippen LogP contribution is 2.42. The third-order valence-corrected chi connectivity index (χ3v) is 6.26. The molecule has 8 heteroatoms. The number of ether oxygens (including phenoxy) is 1. The Hall–Kier alpha value is -3.45. The Bertz CT molecular complexity index is 1200. The van der Waals surface area contributed by atoms with E-state index in [0.717, 1.165) is 18.9 Å². The minimum Gasteiger partial charge on any atom is -0.452 e. The van der Waals surface area contributed by atoms with Crippen LogP contribution in [-0.2, 0) is 24.7 Å². The van der Waals surface area contributed by atoms with Crippen LogP contribution in [0.3, 0.4) is 0 Å². The molecule has 33 heavy (non-hydrogen) atoms. The number of hydrogen-bond donors (Lipinski definition) is 0. The van der Waals surface area contributed by atoms with E-state index in [0.29, 0.717) is 34.5 Å². The predicted molar refractivity (Wildman–Crippen MR) is 123 cm³/mol. The van der Waals surface area contributed by atoms with Gasteiger partial charge in [-0.3, -0.25) is 9.59 Å². The molecule has 1 aliphatic rings. The largest absolute Gasteiger partial charge is 0.452 e. The van der Waals surface area contributed by atoms with Gasteiger partial charge in [0.25, 0.3) is 5.91 Å². The van der Waals surface area contributed by atoms with Crippen LogP contribution in [0.5, 0.6) is 0 Å². The Morgan fingerprint density at radius 1 is 1.18 bits per heavy atom. The van der Waals surface area contributed by atoms with Crippen LogP contribution in [0.4, 0.5) is 0 Å². The number of carbonyl (C=O) groups excluding carboxylic acids is 3. The summed E-state index contributed by atoms with van der Waals surface area (Å²) in [7, 11) is 1.55. The van der Waals surface area contributed by atoms with E-state index in [9.17, 15) is 14.4 Å². The molecule has 0 unspecified atom stereocenters. The monoisotopic (exact) mass is 466 g/mol. The third-order valence-electron chi connectivity index (χ3n) is 5.93. The Morgan fingerprint density at radius 3 is 2.70 bits per heavy atom. The fourth-order valence-electron chi connectivity index (χ4n) is 4.22. The predicted octanol–water partition coefficient (Wildman–Crippen LogP) is 4.53. The number of aromatic nitrogens is 1. The number of para-hydroxylation sites is 2. The molecule has 1 aromatic heterocycles. The molecule has 1 fully saturated rings. The smallest absolute Gasteiger partial charge is 0.331 e. The molecule has 7 nitrogen and oxygen atoms in total. The number of likely N-dealkylation sites (N-methyl/N-ethyl adjacent to an activating group) is 1. The number of hydrogen-bond acceptors (Lipinski definition) is 6. The van der Waals surface area contributed by atoms with Gasteiger partial charge in [-0.05, 0) is 37.5 Å². The normalized spacial score (nSPS) is 18.5. The van der Waals surface area contributed by atoms with E-state index >= 15 is 0 Å². The zero-order valence-electron chi connectivity index (χ0n) is 18.1. The summed E-state index contributed by atoms with van der Waals surface area (Å²) in [6.45, 7) is -0.507. The van der Waals surface area contributed by atoms with Crippen LogP contribution in [0, 0.1) is 0 Å². The molecule has 1 heterocycles. The zero-order valence-corrected chi connectivity index (χ0v) is 18.9. The minimum absolute atomic E-state index is 0.0696. The van der Waals surface area contributed by atoms with E-state index in [2.05, 4.69) is 4.98 Å². The lowest BCUT2D eigenvalue weighted by Crippen LogP contribution is -2.55. The summed E-state index contributed by atoms with van der Waals surface area (Å²) in [6, 6.07) is 14.3. The Morgan fingerprint density at radius 2 is 1.94 bits per heavy atom.